The first-order valence-corrected chi connectivity index (χ1v) is 7.15. The van der Waals surface area contributed by atoms with E-state index in [9.17, 15) is 0 Å². The number of likely N-dealkylation sites (N-methyl/N-ethyl adjacent to an activating group) is 1. The van der Waals surface area contributed by atoms with Crippen LogP contribution in [0.1, 0.15) is 24.0 Å². The Balaban J connectivity index is 1.72. The van der Waals surface area contributed by atoms with Gasteiger partial charge in [-0.2, -0.15) is 0 Å². The SMILES string of the molecule is Cc1ccc(CNCC(C)N(C)Cc2ccccc2)o1. The lowest BCUT2D eigenvalue weighted by Gasteiger charge is -2.25. The van der Waals surface area contributed by atoms with Crippen molar-refractivity contribution in [1.29, 1.82) is 0 Å². The molecule has 0 aliphatic rings. The Hall–Kier alpha value is -1.58. The van der Waals surface area contributed by atoms with Crippen LogP contribution in [0.25, 0.3) is 0 Å². The topological polar surface area (TPSA) is 28.4 Å². The molecule has 1 atom stereocenters. The maximum absolute atomic E-state index is 5.55. The van der Waals surface area contributed by atoms with Gasteiger partial charge in [-0.1, -0.05) is 30.3 Å². The highest BCUT2D eigenvalue weighted by molar-refractivity contribution is 5.14. The normalized spacial score (nSPS) is 12.8. The highest BCUT2D eigenvalue weighted by atomic mass is 16.3. The smallest absolute Gasteiger partial charge is 0.117 e. The lowest BCUT2D eigenvalue weighted by atomic mass is 10.2. The number of furan rings is 1. The molecule has 0 amide bonds. The van der Waals surface area contributed by atoms with Crippen LogP contribution in [0.2, 0.25) is 0 Å². The highest BCUT2D eigenvalue weighted by Gasteiger charge is 2.09. The van der Waals surface area contributed by atoms with Gasteiger partial charge in [0.2, 0.25) is 0 Å². The lowest BCUT2D eigenvalue weighted by Crippen LogP contribution is -2.37. The summed E-state index contributed by atoms with van der Waals surface area (Å²) in [5.74, 6) is 1.97. The second-order valence-corrected chi connectivity index (χ2v) is 5.39. The Morgan fingerprint density at radius 1 is 1.15 bits per heavy atom. The standard InChI is InChI=1S/C17H24N2O/c1-14(11-18-12-17-10-9-15(2)20-17)19(3)13-16-7-5-4-6-8-16/h4-10,14,18H,11-13H2,1-3H3. The van der Waals surface area contributed by atoms with E-state index in [0.29, 0.717) is 6.04 Å². The second kappa shape index (κ2) is 7.27. The summed E-state index contributed by atoms with van der Waals surface area (Å²) in [5, 5.41) is 3.45. The molecule has 1 heterocycles. The molecule has 3 nitrogen and oxygen atoms in total. The number of aryl methyl sites for hydroxylation is 1. The van der Waals surface area contributed by atoms with Gasteiger partial charge in [-0.15, -0.1) is 0 Å². The summed E-state index contributed by atoms with van der Waals surface area (Å²) in [6.45, 7) is 6.92. The molecule has 0 spiro atoms. The van der Waals surface area contributed by atoms with Crippen LogP contribution in [0.3, 0.4) is 0 Å². The molecule has 0 aliphatic heterocycles. The minimum atomic E-state index is 0.478. The molecular formula is C17H24N2O. The minimum absolute atomic E-state index is 0.478. The van der Waals surface area contributed by atoms with Crippen molar-refractivity contribution in [3.63, 3.8) is 0 Å². The van der Waals surface area contributed by atoms with Gasteiger partial charge in [0.1, 0.15) is 11.5 Å². The first-order valence-electron chi connectivity index (χ1n) is 7.15. The first kappa shape index (κ1) is 14.8. The van der Waals surface area contributed by atoms with Gasteiger partial charge in [-0.25, -0.2) is 0 Å². The molecule has 1 aromatic carbocycles. The van der Waals surface area contributed by atoms with Gasteiger partial charge in [0.25, 0.3) is 0 Å². The maximum atomic E-state index is 5.55. The summed E-state index contributed by atoms with van der Waals surface area (Å²) >= 11 is 0. The molecule has 108 valence electrons. The predicted octanol–water partition coefficient (Wildman–Crippen LogP) is 3.20. The average molecular weight is 272 g/mol. The van der Waals surface area contributed by atoms with Gasteiger partial charge in [0, 0.05) is 19.1 Å². The van der Waals surface area contributed by atoms with Crippen molar-refractivity contribution >= 4 is 0 Å². The molecule has 0 saturated carbocycles. The Bertz CT molecular complexity index is 507. The predicted molar refractivity (Wildman–Crippen MR) is 82.5 cm³/mol. The minimum Gasteiger partial charge on any atom is -0.465 e. The average Bonchev–Trinajstić information content (AvgIpc) is 2.85. The fraction of sp³-hybridized carbons (Fsp3) is 0.412. The van der Waals surface area contributed by atoms with E-state index in [1.165, 1.54) is 5.56 Å². The molecule has 0 saturated heterocycles. The summed E-state index contributed by atoms with van der Waals surface area (Å²) < 4.78 is 5.55. The van der Waals surface area contributed by atoms with E-state index < -0.39 is 0 Å². The van der Waals surface area contributed by atoms with Crippen molar-refractivity contribution in [3.8, 4) is 0 Å². The van der Waals surface area contributed by atoms with E-state index in [4.69, 9.17) is 4.42 Å². The van der Waals surface area contributed by atoms with Crippen LogP contribution in [0, 0.1) is 6.92 Å². The third-order valence-corrected chi connectivity index (χ3v) is 3.56. The molecule has 2 aromatic rings. The summed E-state index contributed by atoms with van der Waals surface area (Å²) in [7, 11) is 2.16. The fourth-order valence-corrected chi connectivity index (χ4v) is 2.17. The van der Waals surface area contributed by atoms with Crippen molar-refractivity contribution in [3.05, 3.63) is 59.5 Å². The summed E-state index contributed by atoms with van der Waals surface area (Å²) in [6, 6.07) is 15.1. The molecule has 0 radical (unpaired) electrons. The Kier molecular flexibility index (Phi) is 5.39. The quantitative estimate of drug-likeness (QED) is 0.839. The Morgan fingerprint density at radius 3 is 2.55 bits per heavy atom. The van der Waals surface area contributed by atoms with Crippen LogP contribution < -0.4 is 5.32 Å². The van der Waals surface area contributed by atoms with Crippen LogP contribution in [0.5, 0.6) is 0 Å². The van der Waals surface area contributed by atoms with Crippen molar-refractivity contribution in [2.75, 3.05) is 13.6 Å². The number of nitrogens with zero attached hydrogens (tertiary/aromatic N) is 1. The number of hydrogen-bond donors (Lipinski definition) is 1. The zero-order valence-electron chi connectivity index (χ0n) is 12.6. The van der Waals surface area contributed by atoms with Gasteiger partial charge in [-0.05, 0) is 38.6 Å². The van der Waals surface area contributed by atoms with Crippen molar-refractivity contribution in [1.82, 2.24) is 10.2 Å². The number of nitrogens with one attached hydrogen (secondary N) is 1. The molecule has 2 rings (SSSR count). The van der Waals surface area contributed by atoms with Crippen LogP contribution in [0.15, 0.2) is 46.9 Å². The number of rotatable bonds is 7. The van der Waals surface area contributed by atoms with E-state index in [2.05, 4.69) is 54.5 Å². The van der Waals surface area contributed by atoms with Gasteiger partial charge >= 0.3 is 0 Å². The third-order valence-electron chi connectivity index (χ3n) is 3.56. The molecule has 1 N–H and O–H groups in total. The molecule has 1 aromatic heterocycles. The Labute approximate surface area is 121 Å². The van der Waals surface area contributed by atoms with E-state index in [1.807, 2.05) is 19.1 Å². The molecule has 0 aliphatic carbocycles. The number of benzene rings is 1. The molecular weight excluding hydrogens is 248 g/mol. The van der Waals surface area contributed by atoms with Crippen LogP contribution in [0.4, 0.5) is 0 Å². The first-order chi connectivity index (χ1) is 9.65. The summed E-state index contributed by atoms with van der Waals surface area (Å²) in [6.07, 6.45) is 0. The Morgan fingerprint density at radius 2 is 1.90 bits per heavy atom. The van der Waals surface area contributed by atoms with E-state index in [1.54, 1.807) is 0 Å². The molecule has 0 fully saturated rings. The largest absolute Gasteiger partial charge is 0.465 e. The van der Waals surface area contributed by atoms with Crippen LogP contribution in [-0.4, -0.2) is 24.5 Å². The van der Waals surface area contributed by atoms with E-state index in [-0.39, 0.29) is 0 Å². The maximum Gasteiger partial charge on any atom is 0.117 e. The molecule has 3 heteroatoms. The van der Waals surface area contributed by atoms with Gasteiger partial charge in [-0.3, -0.25) is 4.90 Å². The second-order valence-electron chi connectivity index (χ2n) is 5.39. The van der Waals surface area contributed by atoms with Crippen molar-refractivity contribution in [2.24, 2.45) is 0 Å². The number of hydrogen-bond acceptors (Lipinski definition) is 3. The summed E-state index contributed by atoms with van der Waals surface area (Å²) in [4.78, 5) is 2.36. The lowest BCUT2D eigenvalue weighted by molar-refractivity contribution is 0.241. The zero-order valence-corrected chi connectivity index (χ0v) is 12.6. The van der Waals surface area contributed by atoms with E-state index >= 15 is 0 Å². The highest BCUT2D eigenvalue weighted by Crippen LogP contribution is 2.07. The van der Waals surface area contributed by atoms with Gasteiger partial charge in [0.05, 0.1) is 6.54 Å². The van der Waals surface area contributed by atoms with E-state index in [0.717, 1.165) is 31.2 Å². The molecule has 0 bridgehead atoms. The third kappa shape index (κ3) is 4.51. The van der Waals surface area contributed by atoms with Crippen molar-refractivity contribution < 1.29 is 4.42 Å². The fourth-order valence-electron chi connectivity index (χ4n) is 2.17. The van der Waals surface area contributed by atoms with Gasteiger partial charge in [0.15, 0.2) is 0 Å². The summed E-state index contributed by atoms with van der Waals surface area (Å²) in [5.41, 5.74) is 1.35. The van der Waals surface area contributed by atoms with Crippen molar-refractivity contribution in [2.45, 2.75) is 33.0 Å². The van der Waals surface area contributed by atoms with Crippen LogP contribution in [-0.2, 0) is 13.1 Å². The van der Waals surface area contributed by atoms with Gasteiger partial charge < -0.3 is 9.73 Å². The van der Waals surface area contributed by atoms with Crippen LogP contribution >= 0.6 is 0 Å². The molecule has 20 heavy (non-hydrogen) atoms. The molecule has 1 unspecified atom stereocenters. The zero-order chi connectivity index (χ0) is 14.4. The monoisotopic (exact) mass is 272 g/mol.